The molecular weight excluding hydrogens is 312 g/mol. The van der Waals surface area contributed by atoms with Crippen LogP contribution in [0.5, 0.6) is 0 Å². The van der Waals surface area contributed by atoms with Crippen LogP contribution >= 0.6 is 0 Å². The lowest BCUT2D eigenvalue weighted by Crippen LogP contribution is -2.68. The first-order valence-electron chi connectivity index (χ1n) is 9.35. The van der Waals surface area contributed by atoms with Gasteiger partial charge in [-0.05, 0) is 37.3 Å². The molecule has 2 N–H and O–H groups in total. The second-order valence-corrected chi connectivity index (χ2v) is 8.05. The molecule has 2 unspecified atom stereocenters. The molecule has 3 fully saturated rings. The minimum Gasteiger partial charge on any atom is -0.396 e. The normalized spacial score (nSPS) is 33.8. The summed E-state index contributed by atoms with van der Waals surface area (Å²) in [7, 11) is 2.19. The number of aromatic nitrogens is 1. The predicted molar refractivity (Wildman–Crippen MR) is 98.3 cm³/mol. The van der Waals surface area contributed by atoms with Crippen molar-refractivity contribution in [1.29, 1.82) is 0 Å². The van der Waals surface area contributed by atoms with E-state index in [1.807, 2.05) is 0 Å². The van der Waals surface area contributed by atoms with Gasteiger partial charge in [-0.3, -0.25) is 4.90 Å². The topological polar surface area (TPSA) is 48.6 Å². The van der Waals surface area contributed by atoms with Gasteiger partial charge < -0.3 is 14.8 Å². The molecule has 0 aliphatic carbocycles. The van der Waals surface area contributed by atoms with Crippen LogP contribution in [0.25, 0.3) is 10.9 Å². The van der Waals surface area contributed by atoms with Crippen LogP contribution in [-0.4, -0.2) is 45.5 Å². The molecule has 4 heteroatoms. The molecule has 0 amide bonds. The highest BCUT2D eigenvalue weighted by Crippen LogP contribution is 2.59. The fourth-order valence-electron chi connectivity index (χ4n) is 6.12. The van der Waals surface area contributed by atoms with Crippen LogP contribution in [0.1, 0.15) is 30.6 Å². The molecule has 1 aromatic carbocycles. The van der Waals surface area contributed by atoms with E-state index in [0.717, 1.165) is 19.4 Å². The molecule has 0 saturated carbocycles. The number of benzene rings is 1. The largest absolute Gasteiger partial charge is 0.396 e. The molecule has 4 bridgehead atoms. The maximum atomic E-state index is 10.3. The zero-order valence-corrected chi connectivity index (χ0v) is 14.9. The lowest BCUT2D eigenvalue weighted by Gasteiger charge is -2.63. The third kappa shape index (κ3) is 1.73. The van der Waals surface area contributed by atoms with Gasteiger partial charge in [0.1, 0.15) is 0 Å². The first kappa shape index (κ1) is 15.6. The monoisotopic (exact) mass is 338 g/mol. The Balaban J connectivity index is 1.75. The third-order valence-corrected chi connectivity index (χ3v) is 7.36. The average Bonchev–Trinajstić information content (AvgIpc) is 2.95. The number of para-hydroxylation sites is 1. The first-order valence-corrected chi connectivity index (χ1v) is 9.35. The van der Waals surface area contributed by atoms with E-state index in [0.29, 0.717) is 6.04 Å². The van der Waals surface area contributed by atoms with Gasteiger partial charge in [0, 0.05) is 41.6 Å². The van der Waals surface area contributed by atoms with Gasteiger partial charge in [0.2, 0.25) is 0 Å². The number of piperidine rings is 3. The van der Waals surface area contributed by atoms with E-state index in [4.69, 9.17) is 0 Å². The molecule has 4 aliphatic rings. The minimum absolute atomic E-state index is 0.0551. The molecular formula is C21H26N2O2. The molecule has 1 aromatic heterocycles. The summed E-state index contributed by atoms with van der Waals surface area (Å²) < 4.78 is 2.38. The zero-order valence-electron chi connectivity index (χ0n) is 14.9. The average molecular weight is 338 g/mol. The van der Waals surface area contributed by atoms with Crippen molar-refractivity contribution in [2.45, 2.75) is 31.8 Å². The maximum absolute atomic E-state index is 10.3. The zero-order chi connectivity index (χ0) is 17.3. The molecule has 4 nitrogen and oxygen atoms in total. The first-order chi connectivity index (χ1) is 12.2. The number of hydrogen-bond acceptors (Lipinski definition) is 3. The third-order valence-electron chi connectivity index (χ3n) is 7.36. The highest BCUT2D eigenvalue weighted by atomic mass is 16.3. The number of nitrogens with zero attached hydrogens (tertiary/aromatic N) is 2. The Morgan fingerprint density at radius 3 is 2.72 bits per heavy atom. The quantitative estimate of drug-likeness (QED) is 0.827. The van der Waals surface area contributed by atoms with Crippen molar-refractivity contribution in [1.82, 2.24) is 9.47 Å². The minimum atomic E-state index is -0.425. The predicted octanol–water partition coefficient (Wildman–Crippen LogP) is 2.40. The van der Waals surface area contributed by atoms with Crippen LogP contribution in [-0.2, 0) is 13.5 Å². The van der Waals surface area contributed by atoms with Gasteiger partial charge in [-0.1, -0.05) is 29.8 Å². The Bertz CT molecular complexity index is 877. The number of fused-ring (bicyclic) bond motifs is 4. The molecule has 5 heterocycles. The van der Waals surface area contributed by atoms with Crippen molar-refractivity contribution >= 4 is 10.9 Å². The Labute approximate surface area is 148 Å². The molecule has 4 aliphatic heterocycles. The van der Waals surface area contributed by atoms with Gasteiger partial charge in [0.25, 0.3) is 0 Å². The number of rotatable bonds is 2. The second-order valence-electron chi connectivity index (χ2n) is 8.05. The number of allylic oxidation sites excluding steroid dienone is 1. The summed E-state index contributed by atoms with van der Waals surface area (Å²) in [6, 6.07) is 9.26. The summed E-state index contributed by atoms with van der Waals surface area (Å²) in [6.07, 6.45) is 4.12. The summed E-state index contributed by atoms with van der Waals surface area (Å²) in [5, 5.41) is 22.0. The Kier molecular flexibility index (Phi) is 3.25. The van der Waals surface area contributed by atoms with Crippen molar-refractivity contribution in [2.24, 2.45) is 18.4 Å². The van der Waals surface area contributed by atoms with Gasteiger partial charge in [-0.15, -0.1) is 0 Å². The summed E-state index contributed by atoms with van der Waals surface area (Å²) in [6.45, 7) is 3.17. The number of aryl methyl sites for hydroxylation is 1. The maximum Gasteiger partial charge on any atom is 0.0530 e. The number of aliphatic hydroxyl groups excluding tert-OH is 2. The molecule has 132 valence electrons. The van der Waals surface area contributed by atoms with Crippen LogP contribution < -0.4 is 0 Å². The van der Waals surface area contributed by atoms with Gasteiger partial charge >= 0.3 is 0 Å². The van der Waals surface area contributed by atoms with Crippen molar-refractivity contribution in [2.75, 3.05) is 19.8 Å². The summed E-state index contributed by atoms with van der Waals surface area (Å²) in [4.78, 5) is 2.56. The summed E-state index contributed by atoms with van der Waals surface area (Å²) in [5.41, 5.74) is 5.13. The summed E-state index contributed by atoms with van der Waals surface area (Å²) in [5.74, 6) is 0.277. The fraction of sp³-hybridized carbons (Fsp3) is 0.524. The van der Waals surface area contributed by atoms with E-state index >= 15 is 0 Å². The lowest BCUT2D eigenvalue weighted by molar-refractivity contribution is -0.141. The van der Waals surface area contributed by atoms with Gasteiger partial charge in [-0.2, -0.15) is 0 Å². The van der Waals surface area contributed by atoms with Crippen LogP contribution in [0, 0.1) is 11.3 Å². The number of hydrogen-bond donors (Lipinski definition) is 2. The van der Waals surface area contributed by atoms with E-state index in [2.05, 4.69) is 53.8 Å². The van der Waals surface area contributed by atoms with Crippen molar-refractivity contribution in [3.8, 4) is 0 Å². The highest BCUT2D eigenvalue weighted by molar-refractivity contribution is 5.86. The van der Waals surface area contributed by atoms with Crippen molar-refractivity contribution in [3.05, 3.63) is 47.2 Å². The van der Waals surface area contributed by atoms with Gasteiger partial charge in [0.05, 0.1) is 19.3 Å². The Hall–Kier alpha value is -1.62. The van der Waals surface area contributed by atoms with E-state index in [1.54, 1.807) is 0 Å². The summed E-state index contributed by atoms with van der Waals surface area (Å²) >= 11 is 0. The number of aliphatic hydroxyl groups is 2. The molecule has 4 atom stereocenters. The molecule has 3 saturated heterocycles. The van der Waals surface area contributed by atoms with Crippen LogP contribution in [0.4, 0.5) is 0 Å². The van der Waals surface area contributed by atoms with E-state index in [9.17, 15) is 10.2 Å². The second kappa shape index (κ2) is 5.19. The Morgan fingerprint density at radius 1 is 1.24 bits per heavy atom. The van der Waals surface area contributed by atoms with E-state index in [-0.39, 0.29) is 25.2 Å². The molecule has 0 spiro atoms. The van der Waals surface area contributed by atoms with Gasteiger partial charge in [-0.25, -0.2) is 0 Å². The molecule has 6 rings (SSSR count). The van der Waals surface area contributed by atoms with Gasteiger partial charge in [0.15, 0.2) is 0 Å². The van der Waals surface area contributed by atoms with Crippen LogP contribution in [0.15, 0.2) is 35.9 Å². The Morgan fingerprint density at radius 2 is 2.00 bits per heavy atom. The SMILES string of the molecule is C/C=C1/CN2[C@H]3Cc4c(n(C)c5ccccc45)[C@@H]2CC1C3(CO)CO. The molecule has 25 heavy (non-hydrogen) atoms. The standard InChI is InChI=1S/C21H26N2O2/c1-3-13-10-23-18-9-16(13)21(11-24,12-25)19(23)8-15-14-6-4-5-7-17(14)22(2)20(15)18/h3-7,16,18-19,24-25H,8-12H2,1-2H3/b13-3-/t16?,18-,19-/m0/s1. The lowest BCUT2D eigenvalue weighted by atomic mass is 9.55. The molecule has 2 aromatic rings. The van der Waals surface area contributed by atoms with Crippen LogP contribution in [0.3, 0.4) is 0 Å². The van der Waals surface area contributed by atoms with Crippen molar-refractivity contribution < 1.29 is 10.2 Å². The fourth-order valence-corrected chi connectivity index (χ4v) is 6.12. The molecule has 0 radical (unpaired) electrons. The van der Waals surface area contributed by atoms with Crippen LogP contribution in [0.2, 0.25) is 0 Å². The van der Waals surface area contributed by atoms with Crippen molar-refractivity contribution in [3.63, 3.8) is 0 Å². The van der Waals surface area contributed by atoms with E-state index < -0.39 is 5.41 Å². The highest BCUT2D eigenvalue weighted by Gasteiger charge is 2.60. The van der Waals surface area contributed by atoms with E-state index in [1.165, 1.54) is 27.7 Å². The smallest absolute Gasteiger partial charge is 0.0530 e.